The summed E-state index contributed by atoms with van der Waals surface area (Å²) in [5.74, 6) is -0.179. The molecular weight excluding hydrogens is 268 g/mol. The van der Waals surface area contributed by atoms with Gasteiger partial charge in [-0.15, -0.1) is 0 Å². The molecule has 3 N–H and O–H groups in total. The Morgan fingerprint density at radius 1 is 1.19 bits per heavy atom. The number of benzene rings is 1. The molecule has 1 aliphatic rings. The molecule has 1 fully saturated rings. The van der Waals surface area contributed by atoms with Crippen LogP contribution in [0.5, 0.6) is 0 Å². The Labute approximate surface area is 124 Å². The lowest BCUT2D eigenvalue weighted by Gasteiger charge is -2.25. The summed E-state index contributed by atoms with van der Waals surface area (Å²) < 4.78 is 4.64. The third kappa shape index (κ3) is 4.29. The van der Waals surface area contributed by atoms with Crippen molar-refractivity contribution in [2.24, 2.45) is 11.7 Å². The molecule has 0 heterocycles. The van der Waals surface area contributed by atoms with E-state index >= 15 is 0 Å². The molecule has 0 spiro atoms. The maximum atomic E-state index is 12.1. The van der Waals surface area contributed by atoms with Crippen LogP contribution in [0.4, 0.5) is 0 Å². The smallest absolute Gasteiger partial charge is 0.337 e. The standard InChI is InChI=1S/C16H22N2O3/c1-21-16(20)13-4-2-11(3-5-13)10-18-15(19)12-6-8-14(17)9-7-12/h2-5,12,14H,6-10,17H2,1H3,(H,18,19). The van der Waals surface area contributed by atoms with Crippen molar-refractivity contribution in [3.05, 3.63) is 35.4 Å². The van der Waals surface area contributed by atoms with E-state index in [1.165, 1.54) is 7.11 Å². The molecule has 0 atom stereocenters. The molecule has 0 aromatic heterocycles. The fourth-order valence-electron chi connectivity index (χ4n) is 2.59. The van der Waals surface area contributed by atoms with Gasteiger partial charge in [0.25, 0.3) is 0 Å². The Kier molecular flexibility index (Phi) is 5.33. The average Bonchev–Trinajstić information content (AvgIpc) is 2.53. The highest BCUT2D eigenvalue weighted by atomic mass is 16.5. The molecule has 5 nitrogen and oxygen atoms in total. The molecular formula is C16H22N2O3. The molecule has 21 heavy (non-hydrogen) atoms. The second-order valence-electron chi connectivity index (χ2n) is 5.52. The van der Waals surface area contributed by atoms with E-state index in [0.717, 1.165) is 31.2 Å². The molecule has 5 heteroatoms. The highest BCUT2D eigenvalue weighted by molar-refractivity contribution is 5.89. The van der Waals surface area contributed by atoms with Gasteiger partial charge in [0.1, 0.15) is 0 Å². The van der Waals surface area contributed by atoms with Crippen molar-refractivity contribution in [2.45, 2.75) is 38.3 Å². The van der Waals surface area contributed by atoms with Crippen molar-refractivity contribution in [2.75, 3.05) is 7.11 Å². The van der Waals surface area contributed by atoms with Crippen LogP contribution in [0.15, 0.2) is 24.3 Å². The van der Waals surface area contributed by atoms with Gasteiger partial charge in [-0.3, -0.25) is 4.79 Å². The summed E-state index contributed by atoms with van der Waals surface area (Å²) in [7, 11) is 1.35. The Morgan fingerprint density at radius 2 is 1.81 bits per heavy atom. The first kappa shape index (κ1) is 15.5. The van der Waals surface area contributed by atoms with Gasteiger partial charge in [-0.25, -0.2) is 4.79 Å². The Balaban J connectivity index is 1.82. The summed E-state index contributed by atoms with van der Waals surface area (Å²) in [4.78, 5) is 23.4. The zero-order valence-electron chi connectivity index (χ0n) is 12.3. The number of hydrogen-bond donors (Lipinski definition) is 2. The minimum atomic E-state index is -0.357. The van der Waals surface area contributed by atoms with Crippen LogP contribution < -0.4 is 11.1 Å². The summed E-state index contributed by atoms with van der Waals surface area (Å²) in [6, 6.07) is 7.30. The molecule has 0 bridgehead atoms. The van der Waals surface area contributed by atoms with Crippen LogP contribution in [-0.4, -0.2) is 25.0 Å². The van der Waals surface area contributed by atoms with Gasteiger partial charge in [0, 0.05) is 18.5 Å². The number of methoxy groups -OCH3 is 1. The minimum Gasteiger partial charge on any atom is -0.465 e. The maximum Gasteiger partial charge on any atom is 0.337 e. The van der Waals surface area contributed by atoms with Crippen LogP contribution in [0.25, 0.3) is 0 Å². The summed E-state index contributed by atoms with van der Waals surface area (Å²) in [6.45, 7) is 0.475. The predicted octanol–water partition coefficient (Wildman–Crippen LogP) is 1.61. The van der Waals surface area contributed by atoms with Crippen molar-refractivity contribution in [3.8, 4) is 0 Å². The lowest BCUT2D eigenvalue weighted by Crippen LogP contribution is -2.35. The number of nitrogens with one attached hydrogen (secondary N) is 1. The highest BCUT2D eigenvalue weighted by Gasteiger charge is 2.24. The number of hydrogen-bond acceptors (Lipinski definition) is 4. The third-order valence-corrected chi connectivity index (χ3v) is 3.98. The molecule has 1 aliphatic carbocycles. The Bertz CT molecular complexity index is 491. The maximum absolute atomic E-state index is 12.1. The number of esters is 1. The van der Waals surface area contributed by atoms with E-state index in [-0.39, 0.29) is 23.8 Å². The second-order valence-corrected chi connectivity index (χ2v) is 5.52. The number of rotatable bonds is 4. The van der Waals surface area contributed by atoms with Gasteiger partial charge in [0.05, 0.1) is 12.7 Å². The van der Waals surface area contributed by atoms with Crippen LogP contribution in [0, 0.1) is 5.92 Å². The lowest BCUT2D eigenvalue weighted by molar-refractivity contribution is -0.126. The molecule has 1 saturated carbocycles. The van der Waals surface area contributed by atoms with Crippen LogP contribution in [0.2, 0.25) is 0 Å². The number of carbonyl (C=O) groups is 2. The van der Waals surface area contributed by atoms with E-state index in [0.29, 0.717) is 12.1 Å². The van der Waals surface area contributed by atoms with Gasteiger partial charge >= 0.3 is 5.97 Å². The predicted molar refractivity (Wildman–Crippen MR) is 79.6 cm³/mol. The Hall–Kier alpha value is -1.88. The first-order valence-corrected chi connectivity index (χ1v) is 7.30. The summed E-state index contributed by atoms with van der Waals surface area (Å²) in [5.41, 5.74) is 7.31. The highest BCUT2D eigenvalue weighted by Crippen LogP contribution is 2.23. The fourth-order valence-corrected chi connectivity index (χ4v) is 2.59. The van der Waals surface area contributed by atoms with Gasteiger partial charge in [-0.2, -0.15) is 0 Å². The van der Waals surface area contributed by atoms with E-state index in [2.05, 4.69) is 10.1 Å². The zero-order valence-corrected chi connectivity index (χ0v) is 12.3. The summed E-state index contributed by atoms with van der Waals surface area (Å²) in [6.07, 6.45) is 3.58. The Morgan fingerprint density at radius 3 is 2.38 bits per heavy atom. The lowest BCUT2D eigenvalue weighted by atomic mass is 9.86. The van der Waals surface area contributed by atoms with Crippen LogP contribution in [0.3, 0.4) is 0 Å². The first-order chi connectivity index (χ1) is 10.1. The zero-order chi connectivity index (χ0) is 15.2. The van der Waals surface area contributed by atoms with Crippen LogP contribution in [0.1, 0.15) is 41.6 Å². The van der Waals surface area contributed by atoms with Gasteiger partial charge in [-0.1, -0.05) is 12.1 Å². The fraction of sp³-hybridized carbons (Fsp3) is 0.500. The van der Waals surface area contributed by atoms with Crippen LogP contribution in [-0.2, 0) is 16.1 Å². The van der Waals surface area contributed by atoms with Crippen molar-refractivity contribution < 1.29 is 14.3 Å². The van der Waals surface area contributed by atoms with E-state index in [4.69, 9.17) is 5.73 Å². The molecule has 2 rings (SSSR count). The topological polar surface area (TPSA) is 81.4 Å². The van der Waals surface area contributed by atoms with Crippen molar-refractivity contribution in [1.82, 2.24) is 5.32 Å². The van der Waals surface area contributed by atoms with Crippen molar-refractivity contribution in [1.29, 1.82) is 0 Å². The van der Waals surface area contributed by atoms with Crippen LogP contribution >= 0.6 is 0 Å². The summed E-state index contributed by atoms with van der Waals surface area (Å²) >= 11 is 0. The molecule has 0 radical (unpaired) electrons. The van der Waals surface area contributed by atoms with Gasteiger partial charge < -0.3 is 15.8 Å². The van der Waals surface area contributed by atoms with E-state index in [9.17, 15) is 9.59 Å². The van der Waals surface area contributed by atoms with Crippen molar-refractivity contribution >= 4 is 11.9 Å². The van der Waals surface area contributed by atoms with Gasteiger partial charge in [0.15, 0.2) is 0 Å². The van der Waals surface area contributed by atoms with Gasteiger partial charge in [-0.05, 0) is 43.4 Å². The molecule has 114 valence electrons. The number of nitrogens with two attached hydrogens (primary N) is 1. The molecule has 1 aromatic carbocycles. The molecule has 0 unspecified atom stereocenters. The average molecular weight is 290 g/mol. The van der Waals surface area contributed by atoms with Crippen molar-refractivity contribution in [3.63, 3.8) is 0 Å². The molecule has 1 amide bonds. The molecule has 0 aliphatic heterocycles. The van der Waals surface area contributed by atoms with Gasteiger partial charge in [0.2, 0.25) is 5.91 Å². The minimum absolute atomic E-state index is 0.0825. The number of ether oxygens (including phenoxy) is 1. The van der Waals surface area contributed by atoms with E-state index in [1.807, 2.05) is 12.1 Å². The SMILES string of the molecule is COC(=O)c1ccc(CNC(=O)C2CCC(N)CC2)cc1. The summed E-state index contributed by atoms with van der Waals surface area (Å²) in [5, 5.41) is 2.95. The molecule has 0 saturated heterocycles. The largest absolute Gasteiger partial charge is 0.465 e. The van der Waals surface area contributed by atoms with E-state index < -0.39 is 0 Å². The quantitative estimate of drug-likeness (QED) is 0.825. The normalized spacial score (nSPS) is 21.6. The number of amides is 1. The first-order valence-electron chi connectivity index (χ1n) is 7.30. The third-order valence-electron chi connectivity index (χ3n) is 3.98. The molecule has 1 aromatic rings. The monoisotopic (exact) mass is 290 g/mol. The van der Waals surface area contributed by atoms with E-state index in [1.54, 1.807) is 12.1 Å². The second kappa shape index (κ2) is 7.22. The number of carbonyl (C=O) groups excluding carboxylic acids is 2.